The number of benzene rings is 3. The minimum atomic E-state index is -0.812. The van der Waals surface area contributed by atoms with Crippen LogP contribution in [0.15, 0.2) is 71.7 Å². The molecule has 0 saturated carbocycles. The number of halogens is 3. The van der Waals surface area contributed by atoms with Crippen molar-refractivity contribution >= 4 is 38.4 Å². The summed E-state index contributed by atoms with van der Waals surface area (Å²) < 4.78 is 41.9. The number of fused-ring (bicyclic) bond motifs is 1. The van der Waals surface area contributed by atoms with Gasteiger partial charge in [-0.3, -0.25) is 9.59 Å². The first kappa shape index (κ1) is 33.2. The van der Waals surface area contributed by atoms with Gasteiger partial charge in [0.1, 0.15) is 28.7 Å². The molecule has 0 radical (unpaired) electrons. The van der Waals surface area contributed by atoms with Gasteiger partial charge in [0.25, 0.3) is 5.91 Å². The molecule has 0 aliphatic rings. The van der Waals surface area contributed by atoms with Crippen molar-refractivity contribution in [2.75, 3.05) is 30.0 Å². The average molecular weight is 670 g/mol. The second-order valence-corrected chi connectivity index (χ2v) is 11.4. The van der Waals surface area contributed by atoms with E-state index in [-0.39, 0.29) is 17.8 Å². The van der Waals surface area contributed by atoms with Crippen LogP contribution in [0.1, 0.15) is 69.2 Å². The summed E-state index contributed by atoms with van der Waals surface area (Å²) >= 11 is 3.46. The van der Waals surface area contributed by atoms with E-state index in [1.165, 1.54) is 17.5 Å². The predicted octanol–water partition coefficient (Wildman–Crippen LogP) is 8.84. The highest BCUT2D eigenvalue weighted by molar-refractivity contribution is 9.09. The molecule has 3 aromatic carbocycles. The number of rotatable bonds is 16. The van der Waals surface area contributed by atoms with E-state index in [0.29, 0.717) is 41.3 Å². The topological polar surface area (TPSA) is 60.8 Å². The van der Waals surface area contributed by atoms with Crippen LogP contribution in [0.2, 0.25) is 0 Å². The fourth-order valence-corrected chi connectivity index (χ4v) is 5.42. The molecule has 234 valence electrons. The van der Waals surface area contributed by atoms with Crippen LogP contribution in [-0.2, 0) is 0 Å². The minimum Gasteiger partial charge on any atom is -0.494 e. The third-order valence-electron chi connectivity index (χ3n) is 7.34. The van der Waals surface area contributed by atoms with Crippen molar-refractivity contribution in [3.8, 4) is 17.2 Å². The Balaban J connectivity index is 1.75. The number of carbonyl (C=O) groups excluding carboxylic acids is 1. The Labute approximate surface area is 265 Å². The second-order valence-electron chi connectivity index (χ2n) is 10.6. The Morgan fingerprint density at radius 3 is 2.23 bits per heavy atom. The van der Waals surface area contributed by atoms with Crippen molar-refractivity contribution < 1.29 is 23.0 Å². The zero-order valence-corrected chi connectivity index (χ0v) is 26.9. The Morgan fingerprint density at radius 1 is 0.841 bits per heavy atom. The van der Waals surface area contributed by atoms with Crippen LogP contribution in [-0.4, -0.2) is 35.6 Å². The monoisotopic (exact) mass is 668 g/mol. The number of nitrogens with zero attached hydrogens (tertiary/aromatic N) is 2. The maximum atomic E-state index is 14.1. The molecule has 1 heterocycles. The lowest BCUT2D eigenvalue weighted by molar-refractivity contribution is 0.0987. The van der Waals surface area contributed by atoms with Gasteiger partial charge in [-0.25, -0.2) is 8.78 Å². The Bertz CT molecular complexity index is 1600. The lowest BCUT2D eigenvalue weighted by atomic mass is 10.1. The van der Waals surface area contributed by atoms with E-state index >= 15 is 0 Å². The van der Waals surface area contributed by atoms with Crippen LogP contribution in [0.3, 0.4) is 0 Å². The molecule has 9 heteroatoms. The molecule has 0 spiro atoms. The quantitative estimate of drug-likeness (QED) is 0.0884. The highest BCUT2D eigenvalue weighted by Gasteiger charge is 2.23. The van der Waals surface area contributed by atoms with E-state index in [1.54, 1.807) is 29.7 Å². The highest BCUT2D eigenvalue weighted by Crippen LogP contribution is 2.27. The maximum Gasteiger partial charge on any atom is 0.263 e. The van der Waals surface area contributed by atoms with Gasteiger partial charge >= 0.3 is 0 Å². The van der Waals surface area contributed by atoms with Crippen molar-refractivity contribution in [1.29, 1.82) is 0 Å². The maximum absolute atomic E-state index is 14.1. The van der Waals surface area contributed by atoms with Gasteiger partial charge < -0.3 is 18.9 Å². The molecule has 4 aromatic rings. The van der Waals surface area contributed by atoms with Crippen LogP contribution < -0.4 is 19.8 Å². The molecule has 0 N–H and O–H groups in total. The number of pyridine rings is 1. The van der Waals surface area contributed by atoms with E-state index in [1.807, 2.05) is 24.3 Å². The molecule has 1 amide bonds. The number of hydrogen-bond donors (Lipinski definition) is 0. The zero-order valence-electron chi connectivity index (χ0n) is 25.3. The molecule has 6 nitrogen and oxygen atoms in total. The molecule has 4 rings (SSSR count). The summed E-state index contributed by atoms with van der Waals surface area (Å²) in [6.07, 6.45) is 8.89. The number of aromatic nitrogens is 1. The largest absolute Gasteiger partial charge is 0.494 e. The van der Waals surface area contributed by atoms with Gasteiger partial charge in [-0.15, -0.1) is 0 Å². The normalized spacial score (nSPS) is 11.1. The Kier molecular flexibility index (Phi) is 12.4. The van der Waals surface area contributed by atoms with E-state index in [4.69, 9.17) is 9.47 Å². The van der Waals surface area contributed by atoms with Crippen LogP contribution in [0.5, 0.6) is 11.5 Å². The summed E-state index contributed by atoms with van der Waals surface area (Å²) in [7, 11) is 0. The van der Waals surface area contributed by atoms with Gasteiger partial charge in [-0.1, -0.05) is 54.6 Å². The molecule has 0 saturated heterocycles. The Morgan fingerprint density at radius 2 is 1.52 bits per heavy atom. The number of ether oxygens (including phenoxy) is 2. The van der Waals surface area contributed by atoms with Gasteiger partial charge in [-0.05, 0) is 62.6 Å². The molecular formula is C35H39BrF2N2O4. The van der Waals surface area contributed by atoms with Crippen LogP contribution in [0, 0.1) is 11.6 Å². The van der Waals surface area contributed by atoms with Crippen molar-refractivity contribution in [2.45, 2.75) is 58.8 Å². The molecule has 1 aromatic heterocycles. The first-order valence-corrected chi connectivity index (χ1v) is 16.4. The fraction of sp³-hybridized carbons (Fsp3) is 0.371. The number of amides is 1. The smallest absolute Gasteiger partial charge is 0.263 e. The minimum absolute atomic E-state index is 0.0308. The molecule has 0 aliphatic carbocycles. The first-order valence-electron chi connectivity index (χ1n) is 15.3. The number of carbonyl (C=O) groups is 1. The third kappa shape index (κ3) is 8.46. The number of anilines is 1. The zero-order chi connectivity index (χ0) is 31.5. The number of hydrogen-bond acceptors (Lipinski definition) is 4. The fourth-order valence-electron chi connectivity index (χ4n) is 5.02. The van der Waals surface area contributed by atoms with Crippen molar-refractivity contribution in [2.24, 2.45) is 0 Å². The van der Waals surface area contributed by atoms with E-state index in [0.717, 1.165) is 62.1 Å². The summed E-state index contributed by atoms with van der Waals surface area (Å²) in [4.78, 5) is 28.8. The Hall–Kier alpha value is -3.72. The first-order chi connectivity index (χ1) is 21.4. The van der Waals surface area contributed by atoms with E-state index < -0.39 is 23.0 Å². The molecule has 44 heavy (non-hydrogen) atoms. The van der Waals surface area contributed by atoms with Crippen molar-refractivity contribution in [3.05, 3.63) is 94.3 Å². The summed E-state index contributed by atoms with van der Waals surface area (Å²) in [6.45, 7) is 4.99. The molecular weight excluding hydrogens is 630 g/mol. The summed E-state index contributed by atoms with van der Waals surface area (Å²) in [6, 6.07) is 15.5. The lowest BCUT2D eigenvalue weighted by Crippen LogP contribution is -2.35. The molecule has 0 unspecified atom stereocenters. The van der Waals surface area contributed by atoms with Gasteiger partial charge in [0.15, 0.2) is 0 Å². The van der Waals surface area contributed by atoms with Gasteiger partial charge in [-0.2, -0.15) is 0 Å². The summed E-state index contributed by atoms with van der Waals surface area (Å²) in [5.41, 5.74) is 0.667. The number of alkyl halides is 1. The van der Waals surface area contributed by atoms with Gasteiger partial charge in [0.2, 0.25) is 5.43 Å². The van der Waals surface area contributed by atoms with Crippen LogP contribution in [0.4, 0.5) is 14.5 Å². The van der Waals surface area contributed by atoms with E-state index in [2.05, 4.69) is 22.9 Å². The molecule has 0 bridgehead atoms. The van der Waals surface area contributed by atoms with Crippen molar-refractivity contribution in [1.82, 2.24) is 4.57 Å². The van der Waals surface area contributed by atoms with Crippen LogP contribution >= 0.6 is 15.9 Å². The van der Waals surface area contributed by atoms with Crippen LogP contribution in [0.25, 0.3) is 16.6 Å². The second kappa shape index (κ2) is 16.4. The lowest BCUT2D eigenvalue weighted by Gasteiger charge is -2.22. The summed E-state index contributed by atoms with van der Waals surface area (Å²) in [5, 5.41) is 1.33. The SMILES string of the molecule is CCCCOc1cccc(-n2cc(C(=O)N(CC)c3cc(F)cc(F)c3)c(=O)c3ccc(OCCCCCCCBr)cc32)c1. The third-order valence-corrected chi connectivity index (χ3v) is 7.90. The summed E-state index contributed by atoms with van der Waals surface area (Å²) in [5.74, 6) is -1.00. The predicted molar refractivity (Wildman–Crippen MR) is 176 cm³/mol. The van der Waals surface area contributed by atoms with Gasteiger partial charge in [0, 0.05) is 53.0 Å². The standard InChI is InChI=1S/C35H39BrF2N2O4/c1-3-5-17-43-29-13-11-12-27(22-29)40-24-32(35(42)39(4-2)28-20-25(37)19-26(38)21-28)34(41)31-15-14-30(23-33(31)40)44-18-10-8-6-7-9-16-36/h11-15,19-24H,3-10,16-18H2,1-2H3. The number of unbranched alkanes of at least 4 members (excludes halogenated alkanes) is 5. The molecule has 0 fully saturated rings. The molecule has 0 atom stereocenters. The average Bonchev–Trinajstić information content (AvgIpc) is 3.01. The van der Waals surface area contributed by atoms with Crippen molar-refractivity contribution in [3.63, 3.8) is 0 Å². The highest BCUT2D eigenvalue weighted by atomic mass is 79.9. The van der Waals surface area contributed by atoms with E-state index in [9.17, 15) is 18.4 Å². The van der Waals surface area contributed by atoms with Gasteiger partial charge in [0.05, 0.1) is 18.7 Å². The molecule has 0 aliphatic heterocycles.